The molecule has 0 aromatic heterocycles. The van der Waals surface area contributed by atoms with Crippen LogP contribution < -0.4 is 9.64 Å². The van der Waals surface area contributed by atoms with Gasteiger partial charge in [0.25, 0.3) is 5.91 Å². The van der Waals surface area contributed by atoms with Crippen LogP contribution in [-0.4, -0.2) is 31.3 Å². The van der Waals surface area contributed by atoms with E-state index in [0.717, 1.165) is 29.8 Å². The van der Waals surface area contributed by atoms with Crippen LogP contribution in [0.15, 0.2) is 18.2 Å². The lowest BCUT2D eigenvalue weighted by atomic mass is 10.1. The molecule has 1 amide bonds. The van der Waals surface area contributed by atoms with Gasteiger partial charge in [-0.2, -0.15) is 0 Å². The van der Waals surface area contributed by atoms with Crippen molar-refractivity contribution in [2.45, 2.75) is 38.9 Å². The Kier molecular flexibility index (Phi) is 3.19. The van der Waals surface area contributed by atoms with Crippen molar-refractivity contribution in [2.75, 3.05) is 18.1 Å². The summed E-state index contributed by atoms with van der Waals surface area (Å²) >= 11 is 0. The predicted octanol–water partition coefficient (Wildman–Crippen LogP) is 2.29. The van der Waals surface area contributed by atoms with Crippen LogP contribution in [0.3, 0.4) is 0 Å². The number of aryl methyl sites for hydroxylation is 1. The van der Waals surface area contributed by atoms with E-state index in [2.05, 4.69) is 0 Å². The van der Waals surface area contributed by atoms with Gasteiger partial charge in [-0.05, 0) is 44.4 Å². The number of hydrogen-bond acceptors (Lipinski definition) is 3. The highest BCUT2D eigenvalue weighted by atomic mass is 16.5. The first-order valence-corrected chi connectivity index (χ1v) is 6.85. The first-order chi connectivity index (χ1) is 9.15. The molecule has 1 saturated heterocycles. The summed E-state index contributed by atoms with van der Waals surface area (Å²) in [4.78, 5) is 14.4. The molecule has 1 fully saturated rings. The average molecular weight is 261 g/mol. The zero-order chi connectivity index (χ0) is 13.4. The second kappa shape index (κ2) is 4.85. The van der Waals surface area contributed by atoms with Gasteiger partial charge >= 0.3 is 0 Å². The number of fused-ring (bicyclic) bond motifs is 1. The summed E-state index contributed by atoms with van der Waals surface area (Å²) in [6, 6.07) is 5.96. The smallest absolute Gasteiger partial charge is 0.256 e. The van der Waals surface area contributed by atoms with Crippen LogP contribution in [0.25, 0.3) is 0 Å². The van der Waals surface area contributed by atoms with E-state index in [1.165, 1.54) is 0 Å². The molecule has 0 saturated carbocycles. The minimum absolute atomic E-state index is 0.0136. The molecule has 2 aliphatic rings. The minimum atomic E-state index is -0.278. The molecule has 0 bridgehead atoms. The molecule has 19 heavy (non-hydrogen) atoms. The van der Waals surface area contributed by atoms with E-state index in [4.69, 9.17) is 9.47 Å². The molecule has 102 valence electrons. The molecule has 0 radical (unpaired) electrons. The number of ether oxygens (including phenoxy) is 2. The van der Waals surface area contributed by atoms with Gasteiger partial charge in [-0.3, -0.25) is 4.79 Å². The molecule has 4 heteroatoms. The van der Waals surface area contributed by atoms with Gasteiger partial charge in [0.05, 0.1) is 12.2 Å². The molecular weight excluding hydrogens is 242 g/mol. The van der Waals surface area contributed by atoms with Crippen molar-refractivity contribution in [3.05, 3.63) is 23.8 Å². The topological polar surface area (TPSA) is 38.8 Å². The monoisotopic (exact) mass is 261 g/mol. The van der Waals surface area contributed by atoms with Crippen LogP contribution in [0.4, 0.5) is 5.69 Å². The van der Waals surface area contributed by atoms with E-state index in [-0.39, 0.29) is 18.1 Å². The van der Waals surface area contributed by atoms with E-state index >= 15 is 0 Å². The third-order valence-corrected chi connectivity index (χ3v) is 3.65. The Morgan fingerprint density at radius 2 is 2.26 bits per heavy atom. The van der Waals surface area contributed by atoms with Crippen LogP contribution in [-0.2, 0) is 9.53 Å². The van der Waals surface area contributed by atoms with E-state index in [1.54, 1.807) is 0 Å². The first-order valence-electron chi connectivity index (χ1n) is 6.85. The van der Waals surface area contributed by atoms with Crippen LogP contribution in [0.1, 0.15) is 25.3 Å². The molecular formula is C15H19NO3. The Hall–Kier alpha value is -1.55. The van der Waals surface area contributed by atoms with Crippen molar-refractivity contribution >= 4 is 11.6 Å². The van der Waals surface area contributed by atoms with Gasteiger partial charge < -0.3 is 14.4 Å². The maximum Gasteiger partial charge on any atom is 0.256 e. The van der Waals surface area contributed by atoms with E-state index < -0.39 is 0 Å². The Balaban J connectivity index is 1.92. The average Bonchev–Trinajstić information content (AvgIpc) is 2.90. The number of benzene rings is 1. The molecule has 0 N–H and O–H groups in total. The summed E-state index contributed by atoms with van der Waals surface area (Å²) < 4.78 is 11.3. The molecule has 4 nitrogen and oxygen atoms in total. The highest BCUT2D eigenvalue weighted by Gasteiger charge is 2.34. The summed E-state index contributed by atoms with van der Waals surface area (Å²) in [6.45, 7) is 5.29. The molecule has 1 aromatic carbocycles. The van der Waals surface area contributed by atoms with E-state index in [1.807, 2.05) is 36.9 Å². The van der Waals surface area contributed by atoms with Crippen molar-refractivity contribution in [1.82, 2.24) is 0 Å². The highest BCUT2D eigenvalue weighted by Crippen LogP contribution is 2.35. The van der Waals surface area contributed by atoms with Gasteiger partial charge in [-0.15, -0.1) is 0 Å². The number of hydrogen-bond donors (Lipinski definition) is 0. The zero-order valence-electron chi connectivity index (χ0n) is 11.4. The van der Waals surface area contributed by atoms with Gasteiger partial charge in [0.2, 0.25) is 0 Å². The molecule has 1 aromatic rings. The molecule has 0 unspecified atom stereocenters. The molecule has 2 aliphatic heterocycles. The quantitative estimate of drug-likeness (QED) is 0.778. The van der Waals surface area contributed by atoms with Crippen molar-refractivity contribution in [2.24, 2.45) is 0 Å². The lowest BCUT2D eigenvalue weighted by Gasteiger charge is -2.34. The Morgan fingerprint density at radius 3 is 3.00 bits per heavy atom. The van der Waals surface area contributed by atoms with Crippen molar-refractivity contribution in [3.63, 3.8) is 0 Å². The first kappa shape index (κ1) is 12.5. The molecule has 0 spiro atoms. The van der Waals surface area contributed by atoms with Gasteiger partial charge in [-0.1, -0.05) is 6.07 Å². The standard InChI is InChI=1S/C15H19NO3/c1-10-5-6-12-14(8-10)19-11(2)9-16(12)15(17)13-4-3-7-18-13/h5-6,8,11,13H,3-4,7,9H2,1-2H3/t11-,13-/m0/s1. The number of nitrogens with zero attached hydrogens (tertiary/aromatic N) is 1. The van der Waals surface area contributed by atoms with Crippen LogP contribution >= 0.6 is 0 Å². The lowest BCUT2D eigenvalue weighted by Crippen LogP contribution is -2.46. The molecule has 3 rings (SSSR count). The normalized spacial score (nSPS) is 25.9. The maximum atomic E-state index is 12.5. The highest BCUT2D eigenvalue weighted by molar-refractivity contribution is 5.98. The summed E-state index contributed by atoms with van der Waals surface area (Å²) in [5.41, 5.74) is 2.00. The second-order valence-electron chi connectivity index (χ2n) is 5.35. The minimum Gasteiger partial charge on any atom is -0.487 e. The third-order valence-electron chi connectivity index (χ3n) is 3.65. The lowest BCUT2D eigenvalue weighted by molar-refractivity contribution is -0.127. The van der Waals surface area contributed by atoms with Gasteiger partial charge in [-0.25, -0.2) is 0 Å². The van der Waals surface area contributed by atoms with Crippen molar-refractivity contribution < 1.29 is 14.3 Å². The fourth-order valence-corrected chi connectivity index (χ4v) is 2.70. The number of carbonyl (C=O) groups is 1. The fourth-order valence-electron chi connectivity index (χ4n) is 2.70. The van der Waals surface area contributed by atoms with Gasteiger partial charge in [0.15, 0.2) is 0 Å². The van der Waals surface area contributed by atoms with E-state index in [0.29, 0.717) is 13.2 Å². The van der Waals surface area contributed by atoms with Crippen molar-refractivity contribution in [3.8, 4) is 5.75 Å². The van der Waals surface area contributed by atoms with Crippen LogP contribution in [0.5, 0.6) is 5.75 Å². The number of carbonyl (C=O) groups excluding carboxylic acids is 1. The molecule has 2 atom stereocenters. The maximum absolute atomic E-state index is 12.5. The summed E-state index contributed by atoms with van der Waals surface area (Å²) in [7, 11) is 0. The van der Waals surface area contributed by atoms with E-state index in [9.17, 15) is 4.79 Å². The Bertz CT molecular complexity index is 494. The summed E-state index contributed by atoms with van der Waals surface area (Å²) in [6.07, 6.45) is 1.53. The number of anilines is 1. The number of amides is 1. The number of rotatable bonds is 1. The predicted molar refractivity (Wildman–Crippen MR) is 72.6 cm³/mol. The largest absolute Gasteiger partial charge is 0.487 e. The second-order valence-corrected chi connectivity index (χ2v) is 5.35. The molecule has 2 heterocycles. The Labute approximate surface area is 113 Å². The fraction of sp³-hybridized carbons (Fsp3) is 0.533. The van der Waals surface area contributed by atoms with Gasteiger partial charge in [0.1, 0.15) is 18.0 Å². The zero-order valence-corrected chi connectivity index (χ0v) is 11.4. The molecule has 0 aliphatic carbocycles. The van der Waals surface area contributed by atoms with Crippen LogP contribution in [0.2, 0.25) is 0 Å². The summed E-state index contributed by atoms with van der Waals surface area (Å²) in [5.74, 6) is 0.864. The summed E-state index contributed by atoms with van der Waals surface area (Å²) in [5, 5.41) is 0. The third kappa shape index (κ3) is 2.32. The Morgan fingerprint density at radius 1 is 1.42 bits per heavy atom. The van der Waals surface area contributed by atoms with Crippen molar-refractivity contribution in [1.29, 1.82) is 0 Å². The van der Waals surface area contributed by atoms with Gasteiger partial charge in [0, 0.05) is 6.61 Å². The SMILES string of the molecule is Cc1ccc2c(c1)O[C@@H](C)CN2C(=O)[C@@H]1CCCO1. The van der Waals surface area contributed by atoms with Crippen LogP contribution in [0, 0.1) is 6.92 Å².